The van der Waals surface area contributed by atoms with Crippen molar-refractivity contribution in [1.29, 1.82) is 0 Å². The number of hydrogen-bond acceptors (Lipinski definition) is 3. The molecule has 0 aliphatic rings. The molecule has 8 heteroatoms. The number of nitrogens with zero attached hydrogens (tertiary/aromatic N) is 1. The first-order valence-electron chi connectivity index (χ1n) is 4.35. The van der Waals surface area contributed by atoms with Crippen LogP contribution < -0.4 is 5.32 Å². The van der Waals surface area contributed by atoms with Crippen molar-refractivity contribution in [2.45, 2.75) is 13.1 Å². The molecule has 5 nitrogen and oxygen atoms in total. The van der Waals surface area contributed by atoms with Gasteiger partial charge in [-0.3, -0.25) is 14.9 Å². The van der Waals surface area contributed by atoms with Crippen LogP contribution in [0.25, 0.3) is 0 Å². The van der Waals surface area contributed by atoms with Gasteiger partial charge in [0.1, 0.15) is 11.3 Å². The smallest absolute Gasteiger partial charge is 0.321 e. The summed E-state index contributed by atoms with van der Waals surface area (Å²) < 4.78 is 37.5. The number of alkyl halides is 3. The van der Waals surface area contributed by atoms with E-state index in [9.17, 15) is 28.1 Å². The van der Waals surface area contributed by atoms with Gasteiger partial charge in [-0.15, -0.1) is 0 Å². The Morgan fingerprint density at radius 1 is 1.41 bits per heavy atom. The molecule has 0 radical (unpaired) electrons. The van der Waals surface area contributed by atoms with Crippen molar-refractivity contribution >= 4 is 17.3 Å². The second-order valence-electron chi connectivity index (χ2n) is 3.14. The van der Waals surface area contributed by atoms with E-state index in [1.165, 1.54) is 0 Å². The summed E-state index contributed by atoms with van der Waals surface area (Å²) >= 11 is 0. The number of nitro groups is 1. The van der Waals surface area contributed by atoms with Crippen LogP contribution in [0.15, 0.2) is 18.2 Å². The minimum Gasteiger partial charge on any atom is -0.321 e. The van der Waals surface area contributed by atoms with E-state index in [4.69, 9.17) is 0 Å². The van der Waals surface area contributed by atoms with Crippen molar-refractivity contribution in [3.63, 3.8) is 0 Å². The van der Waals surface area contributed by atoms with E-state index in [1.807, 2.05) is 5.32 Å². The number of rotatable bonds is 2. The van der Waals surface area contributed by atoms with Crippen LogP contribution in [0.1, 0.15) is 12.5 Å². The summed E-state index contributed by atoms with van der Waals surface area (Å²) in [5.74, 6) is -0.688. The van der Waals surface area contributed by atoms with Crippen LogP contribution in [-0.4, -0.2) is 10.8 Å². The Bertz CT molecular complexity index is 471. The molecule has 1 amide bonds. The van der Waals surface area contributed by atoms with Crippen molar-refractivity contribution < 1.29 is 22.9 Å². The Morgan fingerprint density at radius 3 is 2.41 bits per heavy atom. The van der Waals surface area contributed by atoms with Gasteiger partial charge in [-0.25, -0.2) is 0 Å². The summed E-state index contributed by atoms with van der Waals surface area (Å²) in [5, 5.41) is 12.6. The van der Waals surface area contributed by atoms with Crippen LogP contribution in [0.4, 0.5) is 24.5 Å². The first-order valence-corrected chi connectivity index (χ1v) is 4.35. The van der Waals surface area contributed by atoms with Gasteiger partial charge in [0.25, 0.3) is 0 Å². The highest BCUT2D eigenvalue weighted by Gasteiger charge is 2.39. The quantitative estimate of drug-likeness (QED) is 0.645. The molecule has 1 aromatic rings. The van der Waals surface area contributed by atoms with Gasteiger partial charge in [-0.1, -0.05) is 6.07 Å². The Hall–Kier alpha value is -2.12. The van der Waals surface area contributed by atoms with E-state index in [-0.39, 0.29) is 0 Å². The van der Waals surface area contributed by atoms with Gasteiger partial charge < -0.3 is 5.32 Å². The molecular weight excluding hydrogens is 241 g/mol. The monoisotopic (exact) mass is 248 g/mol. The summed E-state index contributed by atoms with van der Waals surface area (Å²) in [7, 11) is 0. The predicted molar refractivity (Wildman–Crippen MR) is 52.4 cm³/mol. The number of amides is 1. The maximum Gasteiger partial charge on any atom is 0.423 e. The number of para-hydroxylation sites is 1. The molecule has 0 aliphatic heterocycles. The third-order valence-electron chi connectivity index (χ3n) is 1.83. The van der Waals surface area contributed by atoms with Crippen molar-refractivity contribution in [3.05, 3.63) is 33.9 Å². The summed E-state index contributed by atoms with van der Waals surface area (Å²) in [6, 6.07) is 2.61. The molecule has 0 aromatic heterocycles. The van der Waals surface area contributed by atoms with E-state index >= 15 is 0 Å². The van der Waals surface area contributed by atoms with Gasteiger partial charge >= 0.3 is 11.9 Å². The SMILES string of the molecule is CC(=O)Nc1cccc(C(F)(F)F)c1[N+](=O)[O-]. The van der Waals surface area contributed by atoms with E-state index in [0.717, 1.165) is 19.1 Å². The zero-order valence-electron chi connectivity index (χ0n) is 8.54. The van der Waals surface area contributed by atoms with Gasteiger partial charge in [-0.05, 0) is 12.1 Å². The van der Waals surface area contributed by atoms with Gasteiger partial charge in [-0.2, -0.15) is 13.2 Å². The fourth-order valence-corrected chi connectivity index (χ4v) is 1.26. The summed E-state index contributed by atoms with van der Waals surface area (Å²) in [6.07, 6.45) is -4.85. The lowest BCUT2D eigenvalue weighted by atomic mass is 10.1. The minimum atomic E-state index is -4.85. The van der Waals surface area contributed by atoms with E-state index in [2.05, 4.69) is 0 Å². The topological polar surface area (TPSA) is 72.2 Å². The molecule has 0 atom stereocenters. The van der Waals surface area contributed by atoms with Crippen LogP contribution in [-0.2, 0) is 11.0 Å². The van der Waals surface area contributed by atoms with E-state index in [0.29, 0.717) is 6.07 Å². The average molecular weight is 248 g/mol. The molecule has 0 unspecified atom stereocenters. The highest BCUT2D eigenvalue weighted by atomic mass is 19.4. The first-order chi connectivity index (χ1) is 7.73. The third-order valence-corrected chi connectivity index (χ3v) is 1.83. The number of benzene rings is 1. The lowest BCUT2D eigenvalue weighted by Gasteiger charge is -2.10. The molecule has 92 valence electrons. The zero-order valence-corrected chi connectivity index (χ0v) is 8.54. The predicted octanol–water partition coefficient (Wildman–Crippen LogP) is 2.57. The molecule has 0 spiro atoms. The maximum atomic E-state index is 12.5. The molecule has 17 heavy (non-hydrogen) atoms. The highest BCUT2D eigenvalue weighted by molar-refractivity contribution is 5.91. The van der Waals surface area contributed by atoms with Crippen LogP contribution in [0, 0.1) is 10.1 Å². The lowest BCUT2D eigenvalue weighted by molar-refractivity contribution is -0.387. The molecule has 0 saturated carbocycles. The largest absolute Gasteiger partial charge is 0.423 e. The lowest BCUT2D eigenvalue weighted by Crippen LogP contribution is -2.13. The van der Waals surface area contributed by atoms with Gasteiger partial charge in [0.05, 0.1) is 4.92 Å². The van der Waals surface area contributed by atoms with Crippen LogP contribution in [0.2, 0.25) is 0 Å². The van der Waals surface area contributed by atoms with E-state index < -0.39 is 33.9 Å². The third kappa shape index (κ3) is 2.92. The number of halogens is 3. The summed E-state index contributed by atoms with van der Waals surface area (Å²) in [4.78, 5) is 20.2. The average Bonchev–Trinajstić information content (AvgIpc) is 2.14. The Morgan fingerprint density at radius 2 is 2.00 bits per heavy atom. The minimum absolute atomic E-state index is 0.475. The normalized spacial score (nSPS) is 11.1. The molecule has 0 fully saturated rings. The number of carbonyl (C=O) groups is 1. The number of nitro benzene ring substituents is 1. The van der Waals surface area contributed by atoms with Crippen LogP contribution >= 0.6 is 0 Å². The molecule has 0 bridgehead atoms. The van der Waals surface area contributed by atoms with E-state index in [1.54, 1.807) is 0 Å². The first kappa shape index (κ1) is 12.9. The molecule has 1 rings (SSSR count). The molecule has 0 saturated heterocycles. The van der Waals surface area contributed by atoms with Crippen molar-refractivity contribution in [1.82, 2.24) is 0 Å². The van der Waals surface area contributed by atoms with Gasteiger partial charge in [0.15, 0.2) is 0 Å². The fourth-order valence-electron chi connectivity index (χ4n) is 1.26. The van der Waals surface area contributed by atoms with Crippen molar-refractivity contribution in [3.8, 4) is 0 Å². The summed E-state index contributed by atoms with van der Waals surface area (Å²) in [6.45, 7) is 1.05. The molecular formula is C9H7F3N2O3. The second-order valence-corrected chi connectivity index (χ2v) is 3.14. The standard InChI is InChI=1S/C9H7F3N2O3/c1-5(15)13-7-4-2-3-6(9(10,11)12)8(7)14(16)17/h2-4H,1H3,(H,13,15). The zero-order chi connectivity index (χ0) is 13.2. The molecule has 0 heterocycles. The fraction of sp³-hybridized carbons (Fsp3) is 0.222. The highest BCUT2D eigenvalue weighted by Crippen LogP contribution is 2.39. The number of anilines is 1. The number of nitrogens with one attached hydrogen (secondary N) is 1. The molecule has 0 aliphatic carbocycles. The maximum absolute atomic E-state index is 12.5. The molecule has 1 N–H and O–H groups in total. The second kappa shape index (κ2) is 4.40. The van der Waals surface area contributed by atoms with Crippen molar-refractivity contribution in [2.24, 2.45) is 0 Å². The molecule has 1 aromatic carbocycles. The Labute approximate surface area is 93.4 Å². The van der Waals surface area contributed by atoms with Crippen LogP contribution in [0.3, 0.4) is 0 Å². The Balaban J connectivity index is 3.43. The van der Waals surface area contributed by atoms with Crippen molar-refractivity contribution in [2.75, 3.05) is 5.32 Å². The number of carbonyl (C=O) groups excluding carboxylic acids is 1. The van der Waals surface area contributed by atoms with Gasteiger partial charge in [0, 0.05) is 6.92 Å². The summed E-state index contributed by atoms with van der Waals surface area (Å²) in [5.41, 5.74) is -3.03. The number of hydrogen-bond donors (Lipinski definition) is 1. The Kier molecular flexibility index (Phi) is 3.35. The van der Waals surface area contributed by atoms with Crippen LogP contribution in [0.5, 0.6) is 0 Å². The van der Waals surface area contributed by atoms with Gasteiger partial charge in [0.2, 0.25) is 5.91 Å².